The lowest BCUT2D eigenvalue weighted by atomic mass is 9.88. The lowest BCUT2D eigenvalue weighted by molar-refractivity contribution is -0.146. The van der Waals surface area contributed by atoms with Crippen LogP contribution in [-0.2, 0) is 16.0 Å². The number of hydrogen-bond acceptors (Lipinski definition) is 3. The molecule has 0 radical (unpaired) electrons. The van der Waals surface area contributed by atoms with Gasteiger partial charge in [-0.05, 0) is 11.6 Å². The van der Waals surface area contributed by atoms with Crippen molar-refractivity contribution in [3.05, 3.63) is 71.5 Å². The Labute approximate surface area is 111 Å². The van der Waals surface area contributed by atoms with E-state index in [2.05, 4.69) is 0 Å². The van der Waals surface area contributed by atoms with E-state index in [0.29, 0.717) is 12.0 Å². The van der Waals surface area contributed by atoms with Crippen LogP contribution in [0.4, 0.5) is 0 Å². The summed E-state index contributed by atoms with van der Waals surface area (Å²) in [7, 11) is 0. The second-order valence-corrected chi connectivity index (χ2v) is 4.69. The molecule has 1 heterocycles. The third-order valence-electron chi connectivity index (χ3n) is 3.42. The van der Waals surface area contributed by atoms with E-state index in [4.69, 9.17) is 4.74 Å². The van der Waals surface area contributed by atoms with Gasteiger partial charge in [0.2, 0.25) is 0 Å². The highest BCUT2D eigenvalue weighted by atomic mass is 16.5. The van der Waals surface area contributed by atoms with Gasteiger partial charge >= 0.3 is 5.97 Å². The average molecular weight is 254 g/mol. The molecule has 19 heavy (non-hydrogen) atoms. The maximum Gasteiger partial charge on any atom is 0.338 e. The minimum atomic E-state index is -0.428. The van der Waals surface area contributed by atoms with E-state index in [-0.39, 0.29) is 17.8 Å². The fraction of sp³-hybridized carbons (Fsp3) is 0.188. The standard InChI is InChI=1S/C16H14O3/c17-15-12-8-4-5-9-14(12)19-16(18)13(15)10-11-6-2-1-3-7-11/h1-9,12,14,17H,10H2. The predicted molar refractivity (Wildman–Crippen MR) is 71.5 cm³/mol. The minimum Gasteiger partial charge on any atom is -0.511 e. The van der Waals surface area contributed by atoms with Crippen molar-refractivity contribution in [1.29, 1.82) is 0 Å². The second kappa shape index (κ2) is 4.76. The number of hydrogen-bond donors (Lipinski definition) is 1. The van der Waals surface area contributed by atoms with E-state index in [1.54, 1.807) is 6.08 Å². The number of aliphatic hydroxyl groups is 1. The Morgan fingerprint density at radius 1 is 1.11 bits per heavy atom. The first kappa shape index (κ1) is 11.8. The molecule has 0 aromatic heterocycles. The van der Waals surface area contributed by atoms with Crippen LogP contribution in [0, 0.1) is 5.92 Å². The summed E-state index contributed by atoms with van der Waals surface area (Å²) in [4.78, 5) is 12.0. The minimum absolute atomic E-state index is 0.130. The lowest BCUT2D eigenvalue weighted by Gasteiger charge is -2.30. The SMILES string of the molecule is O=C1OC2C=CC=CC2C(O)=C1Cc1ccccc1. The van der Waals surface area contributed by atoms with Gasteiger partial charge in [-0.25, -0.2) is 4.79 Å². The molecule has 0 spiro atoms. The van der Waals surface area contributed by atoms with Gasteiger partial charge in [-0.15, -0.1) is 0 Å². The van der Waals surface area contributed by atoms with Crippen molar-refractivity contribution in [2.24, 2.45) is 5.92 Å². The van der Waals surface area contributed by atoms with Crippen molar-refractivity contribution in [2.75, 3.05) is 0 Å². The van der Waals surface area contributed by atoms with Crippen LogP contribution in [0.25, 0.3) is 0 Å². The van der Waals surface area contributed by atoms with Crippen LogP contribution in [0.15, 0.2) is 66.0 Å². The molecule has 2 unspecified atom stereocenters. The number of aliphatic hydroxyl groups excluding tert-OH is 1. The van der Waals surface area contributed by atoms with Crippen LogP contribution in [0.3, 0.4) is 0 Å². The number of esters is 1. The largest absolute Gasteiger partial charge is 0.511 e. The van der Waals surface area contributed by atoms with Crippen LogP contribution in [-0.4, -0.2) is 17.2 Å². The van der Waals surface area contributed by atoms with E-state index in [1.807, 2.05) is 48.6 Å². The zero-order valence-corrected chi connectivity index (χ0v) is 10.3. The first-order valence-corrected chi connectivity index (χ1v) is 6.27. The molecule has 0 amide bonds. The number of carbonyl (C=O) groups excluding carboxylic acids is 1. The lowest BCUT2D eigenvalue weighted by Crippen LogP contribution is -2.34. The van der Waals surface area contributed by atoms with E-state index < -0.39 is 5.97 Å². The average Bonchev–Trinajstić information content (AvgIpc) is 2.45. The normalized spacial score (nSPS) is 25.2. The summed E-state index contributed by atoms with van der Waals surface area (Å²) in [6.45, 7) is 0. The Bertz CT molecular complexity index is 581. The molecule has 0 fully saturated rings. The molecule has 1 aromatic rings. The maximum atomic E-state index is 12.0. The fourth-order valence-electron chi connectivity index (χ4n) is 2.41. The van der Waals surface area contributed by atoms with E-state index in [0.717, 1.165) is 5.56 Å². The second-order valence-electron chi connectivity index (χ2n) is 4.69. The Morgan fingerprint density at radius 2 is 1.84 bits per heavy atom. The highest BCUT2D eigenvalue weighted by Crippen LogP contribution is 2.31. The Hall–Kier alpha value is -2.29. The van der Waals surface area contributed by atoms with Gasteiger partial charge in [-0.2, -0.15) is 0 Å². The van der Waals surface area contributed by atoms with Crippen LogP contribution in [0.2, 0.25) is 0 Å². The zero-order valence-electron chi connectivity index (χ0n) is 10.3. The van der Waals surface area contributed by atoms with Crippen LogP contribution in [0.5, 0.6) is 0 Å². The summed E-state index contributed by atoms with van der Waals surface area (Å²) in [5.41, 5.74) is 1.34. The summed E-state index contributed by atoms with van der Waals surface area (Å²) in [5.74, 6) is -0.547. The van der Waals surface area contributed by atoms with Gasteiger partial charge in [-0.1, -0.05) is 48.6 Å². The summed E-state index contributed by atoms with van der Waals surface area (Å²) in [5, 5.41) is 10.3. The van der Waals surface area contributed by atoms with E-state index in [1.165, 1.54) is 0 Å². The fourth-order valence-corrected chi connectivity index (χ4v) is 2.41. The summed E-state index contributed by atoms with van der Waals surface area (Å²) >= 11 is 0. The molecule has 2 atom stereocenters. The molecule has 3 rings (SSSR count). The topological polar surface area (TPSA) is 46.5 Å². The van der Waals surface area contributed by atoms with Gasteiger partial charge in [-0.3, -0.25) is 0 Å². The molecular weight excluding hydrogens is 240 g/mol. The number of ether oxygens (including phenoxy) is 1. The van der Waals surface area contributed by atoms with Crippen molar-refractivity contribution in [2.45, 2.75) is 12.5 Å². The number of allylic oxidation sites excluding steroid dienone is 2. The van der Waals surface area contributed by atoms with Gasteiger partial charge in [0.05, 0.1) is 11.5 Å². The molecule has 96 valence electrons. The third-order valence-corrected chi connectivity index (χ3v) is 3.42. The molecule has 1 aliphatic heterocycles. The van der Waals surface area contributed by atoms with Crippen LogP contribution < -0.4 is 0 Å². The van der Waals surface area contributed by atoms with Crippen molar-refractivity contribution in [3.8, 4) is 0 Å². The zero-order chi connectivity index (χ0) is 13.2. The molecule has 0 saturated heterocycles. The summed E-state index contributed by atoms with van der Waals surface area (Å²) < 4.78 is 5.35. The van der Waals surface area contributed by atoms with Crippen molar-refractivity contribution < 1.29 is 14.6 Å². The molecule has 3 nitrogen and oxygen atoms in total. The first-order valence-electron chi connectivity index (χ1n) is 6.27. The van der Waals surface area contributed by atoms with Crippen molar-refractivity contribution >= 4 is 5.97 Å². The third kappa shape index (κ3) is 2.19. The van der Waals surface area contributed by atoms with E-state index in [9.17, 15) is 9.90 Å². The number of fused-ring (bicyclic) bond motifs is 1. The Balaban J connectivity index is 1.93. The summed E-state index contributed by atoms with van der Waals surface area (Å²) in [6.07, 6.45) is 7.35. The van der Waals surface area contributed by atoms with Crippen molar-refractivity contribution in [1.82, 2.24) is 0 Å². The monoisotopic (exact) mass is 254 g/mol. The van der Waals surface area contributed by atoms with Gasteiger partial charge in [0, 0.05) is 6.42 Å². The van der Waals surface area contributed by atoms with Crippen molar-refractivity contribution in [3.63, 3.8) is 0 Å². The van der Waals surface area contributed by atoms with Crippen LogP contribution in [0.1, 0.15) is 5.56 Å². The number of rotatable bonds is 2. The van der Waals surface area contributed by atoms with Gasteiger partial charge in [0.1, 0.15) is 11.9 Å². The molecule has 0 bridgehead atoms. The Morgan fingerprint density at radius 3 is 2.63 bits per heavy atom. The Kier molecular flexibility index (Phi) is 2.95. The first-order chi connectivity index (χ1) is 9.25. The van der Waals surface area contributed by atoms with E-state index >= 15 is 0 Å². The molecule has 1 aromatic carbocycles. The number of carbonyl (C=O) groups is 1. The van der Waals surface area contributed by atoms with Gasteiger partial charge in [0.25, 0.3) is 0 Å². The van der Waals surface area contributed by atoms with Gasteiger partial charge in [0.15, 0.2) is 0 Å². The number of benzene rings is 1. The molecule has 0 saturated carbocycles. The molecule has 1 N–H and O–H groups in total. The molecule has 2 aliphatic rings. The van der Waals surface area contributed by atoms with Crippen LogP contribution >= 0.6 is 0 Å². The highest BCUT2D eigenvalue weighted by Gasteiger charge is 2.35. The van der Waals surface area contributed by atoms with Gasteiger partial charge < -0.3 is 9.84 Å². The predicted octanol–water partition coefficient (Wildman–Crippen LogP) is 2.71. The quantitative estimate of drug-likeness (QED) is 0.825. The molecular formula is C16H14O3. The summed E-state index contributed by atoms with van der Waals surface area (Å²) in [6, 6.07) is 9.59. The maximum absolute atomic E-state index is 12.0. The smallest absolute Gasteiger partial charge is 0.338 e. The molecule has 3 heteroatoms. The molecule has 1 aliphatic carbocycles. The highest BCUT2D eigenvalue weighted by molar-refractivity contribution is 5.91.